The number of nitrogens with zero attached hydrogens (tertiary/aromatic N) is 4. The maximum Gasteiger partial charge on any atom is 0.157 e. The zero-order valence-electron chi connectivity index (χ0n) is 11.0. The second-order valence-corrected chi connectivity index (χ2v) is 5.04. The van der Waals surface area contributed by atoms with Crippen LogP contribution in [0.25, 0.3) is 5.65 Å². The summed E-state index contributed by atoms with van der Waals surface area (Å²) in [6.45, 7) is 2.84. The Balaban J connectivity index is 2.00. The Labute approximate surface area is 106 Å². The van der Waals surface area contributed by atoms with Crippen molar-refractivity contribution >= 4 is 11.5 Å². The molecule has 0 saturated carbocycles. The number of fused-ring (bicyclic) bond motifs is 1. The predicted octanol–water partition coefficient (Wildman–Crippen LogP) is 0.454. The summed E-state index contributed by atoms with van der Waals surface area (Å²) in [5.41, 5.74) is -0.00960. The normalized spacial score (nSPS) is 14.9. The number of likely N-dealkylation sites (N-methyl/N-ethyl adjacent to an activating group) is 1. The Morgan fingerprint density at radius 2 is 2.22 bits per heavy atom. The fourth-order valence-electron chi connectivity index (χ4n) is 1.93. The minimum atomic E-state index is -0.794. The molecule has 1 unspecified atom stereocenters. The van der Waals surface area contributed by atoms with E-state index >= 15 is 0 Å². The number of aromatic nitrogens is 3. The van der Waals surface area contributed by atoms with E-state index in [1.165, 1.54) is 0 Å². The monoisotopic (exact) mass is 249 g/mol. The molecule has 0 aromatic carbocycles. The van der Waals surface area contributed by atoms with Crippen LogP contribution in [0.3, 0.4) is 0 Å². The molecule has 0 radical (unpaired) electrons. The van der Waals surface area contributed by atoms with Gasteiger partial charge in [-0.1, -0.05) is 0 Å². The Kier molecular flexibility index (Phi) is 3.49. The van der Waals surface area contributed by atoms with Crippen LogP contribution in [-0.4, -0.2) is 57.4 Å². The fraction of sp³-hybridized carbons (Fsp3) is 0.500. The van der Waals surface area contributed by atoms with E-state index < -0.39 is 5.60 Å². The summed E-state index contributed by atoms with van der Waals surface area (Å²) in [5, 5.41) is 17.4. The molecule has 0 aliphatic rings. The molecule has 18 heavy (non-hydrogen) atoms. The smallest absolute Gasteiger partial charge is 0.157 e. The maximum absolute atomic E-state index is 10.2. The second kappa shape index (κ2) is 4.91. The van der Waals surface area contributed by atoms with Crippen molar-refractivity contribution in [3.05, 3.63) is 24.5 Å². The third-order valence-electron chi connectivity index (χ3n) is 2.57. The van der Waals surface area contributed by atoms with Gasteiger partial charge in [0.15, 0.2) is 5.65 Å². The lowest BCUT2D eigenvalue weighted by Gasteiger charge is -2.27. The molecule has 0 aliphatic heterocycles. The van der Waals surface area contributed by atoms with Gasteiger partial charge >= 0.3 is 0 Å². The zero-order chi connectivity index (χ0) is 13.2. The van der Waals surface area contributed by atoms with Crippen molar-refractivity contribution in [2.75, 3.05) is 32.5 Å². The molecule has 2 N–H and O–H groups in total. The first-order valence-electron chi connectivity index (χ1n) is 5.88. The Bertz CT molecular complexity index is 520. The van der Waals surface area contributed by atoms with Gasteiger partial charge in [-0.15, -0.1) is 0 Å². The van der Waals surface area contributed by atoms with Crippen LogP contribution in [0.4, 0.5) is 5.82 Å². The van der Waals surface area contributed by atoms with Gasteiger partial charge in [-0.3, -0.25) is 0 Å². The Morgan fingerprint density at radius 1 is 1.44 bits per heavy atom. The van der Waals surface area contributed by atoms with Crippen molar-refractivity contribution in [2.24, 2.45) is 0 Å². The van der Waals surface area contributed by atoms with Gasteiger partial charge < -0.3 is 15.3 Å². The highest BCUT2D eigenvalue weighted by atomic mass is 16.3. The van der Waals surface area contributed by atoms with Gasteiger partial charge in [0.25, 0.3) is 0 Å². The molecule has 0 fully saturated rings. The van der Waals surface area contributed by atoms with Crippen molar-refractivity contribution in [3.8, 4) is 0 Å². The van der Waals surface area contributed by atoms with Crippen LogP contribution in [-0.2, 0) is 0 Å². The van der Waals surface area contributed by atoms with E-state index in [0.29, 0.717) is 13.1 Å². The molecule has 0 amide bonds. The molecule has 2 aromatic rings. The Morgan fingerprint density at radius 3 is 2.94 bits per heavy atom. The first-order valence-corrected chi connectivity index (χ1v) is 5.88. The largest absolute Gasteiger partial charge is 0.387 e. The fourth-order valence-corrected chi connectivity index (χ4v) is 1.93. The van der Waals surface area contributed by atoms with Crippen LogP contribution in [0.2, 0.25) is 0 Å². The molecule has 0 aliphatic carbocycles. The summed E-state index contributed by atoms with van der Waals surface area (Å²) in [5.74, 6) is 0.738. The van der Waals surface area contributed by atoms with E-state index in [1.807, 2.05) is 37.3 Å². The minimum Gasteiger partial charge on any atom is -0.387 e. The highest BCUT2D eigenvalue weighted by Crippen LogP contribution is 2.09. The molecule has 1 atom stereocenters. The maximum atomic E-state index is 10.2. The first kappa shape index (κ1) is 12.8. The average Bonchev–Trinajstić information content (AvgIpc) is 2.71. The quantitative estimate of drug-likeness (QED) is 0.805. The van der Waals surface area contributed by atoms with Crippen LogP contribution in [0, 0.1) is 0 Å². The number of anilines is 1. The molecule has 0 spiro atoms. The van der Waals surface area contributed by atoms with Crippen molar-refractivity contribution < 1.29 is 5.11 Å². The summed E-state index contributed by atoms with van der Waals surface area (Å²) in [6.07, 6.45) is 3.54. The SMILES string of the molecule is CN(C)CC(C)(O)CNc1ccn2nccc2n1. The van der Waals surface area contributed by atoms with Gasteiger partial charge in [-0.2, -0.15) is 5.10 Å². The van der Waals surface area contributed by atoms with E-state index in [4.69, 9.17) is 0 Å². The summed E-state index contributed by atoms with van der Waals surface area (Å²) < 4.78 is 1.70. The average molecular weight is 249 g/mol. The highest BCUT2D eigenvalue weighted by molar-refractivity contribution is 5.45. The lowest BCUT2D eigenvalue weighted by atomic mass is 10.1. The molecular weight excluding hydrogens is 230 g/mol. The molecule has 0 saturated heterocycles. The van der Waals surface area contributed by atoms with Crippen molar-refractivity contribution in [2.45, 2.75) is 12.5 Å². The number of aliphatic hydroxyl groups is 1. The van der Waals surface area contributed by atoms with E-state index in [2.05, 4.69) is 15.4 Å². The number of hydrogen-bond acceptors (Lipinski definition) is 5. The van der Waals surface area contributed by atoms with Gasteiger partial charge in [-0.25, -0.2) is 9.50 Å². The molecule has 98 valence electrons. The van der Waals surface area contributed by atoms with Gasteiger partial charge in [0.2, 0.25) is 0 Å². The van der Waals surface area contributed by atoms with Crippen LogP contribution >= 0.6 is 0 Å². The lowest BCUT2D eigenvalue weighted by molar-refractivity contribution is 0.0459. The second-order valence-electron chi connectivity index (χ2n) is 5.04. The highest BCUT2D eigenvalue weighted by Gasteiger charge is 2.21. The van der Waals surface area contributed by atoms with Gasteiger partial charge in [0.05, 0.1) is 11.8 Å². The standard InChI is InChI=1S/C12H19N5O/c1-12(18,9-16(2)3)8-13-10-5-7-17-11(15-10)4-6-14-17/h4-7,18H,8-9H2,1-3H3,(H,13,15). The summed E-state index contributed by atoms with van der Waals surface area (Å²) in [6, 6.07) is 3.68. The molecule has 2 heterocycles. The molecular formula is C12H19N5O. The lowest BCUT2D eigenvalue weighted by Crippen LogP contribution is -2.43. The number of rotatable bonds is 5. The Hall–Kier alpha value is -1.66. The van der Waals surface area contributed by atoms with E-state index in [-0.39, 0.29) is 0 Å². The van der Waals surface area contributed by atoms with Crippen LogP contribution in [0.5, 0.6) is 0 Å². The molecule has 2 rings (SSSR count). The van der Waals surface area contributed by atoms with Gasteiger partial charge in [-0.05, 0) is 27.1 Å². The third-order valence-corrected chi connectivity index (χ3v) is 2.57. The van der Waals surface area contributed by atoms with E-state index in [0.717, 1.165) is 11.5 Å². The van der Waals surface area contributed by atoms with E-state index in [9.17, 15) is 5.11 Å². The van der Waals surface area contributed by atoms with E-state index in [1.54, 1.807) is 17.6 Å². The van der Waals surface area contributed by atoms with Crippen LogP contribution in [0.15, 0.2) is 24.5 Å². The zero-order valence-corrected chi connectivity index (χ0v) is 11.0. The van der Waals surface area contributed by atoms with Gasteiger partial charge in [0.1, 0.15) is 5.82 Å². The molecule has 6 heteroatoms. The molecule has 6 nitrogen and oxygen atoms in total. The molecule has 2 aromatic heterocycles. The van der Waals surface area contributed by atoms with Crippen molar-refractivity contribution in [1.29, 1.82) is 0 Å². The van der Waals surface area contributed by atoms with Crippen molar-refractivity contribution in [1.82, 2.24) is 19.5 Å². The topological polar surface area (TPSA) is 65.7 Å². The number of hydrogen-bond donors (Lipinski definition) is 2. The number of nitrogens with one attached hydrogen (secondary N) is 1. The van der Waals surface area contributed by atoms with Gasteiger partial charge in [0, 0.05) is 25.4 Å². The molecule has 0 bridgehead atoms. The van der Waals surface area contributed by atoms with Crippen molar-refractivity contribution in [3.63, 3.8) is 0 Å². The predicted molar refractivity (Wildman–Crippen MR) is 70.7 cm³/mol. The minimum absolute atomic E-state index is 0.447. The third kappa shape index (κ3) is 3.18. The summed E-state index contributed by atoms with van der Waals surface area (Å²) >= 11 is 0. The summed E-state index contributed by atoms with van der Waals surface area (Å²) in [7, 11) is 3.87. The first-order chi connectivity index (χ1) is 8.46. The summed E-state index contributed by atoms with van der Waals surface area (Å²) in [4.78, 5) is 6.34. The van der Waals surface area contributed by atoms with Crippen LogP contribution < -0.4 is 5.32 Å². The van der Waals surface area contributed by atoms with Crippen LogP contribution in [0.1, 0.15) is 6.92 Å².